The number of aromatic nitrogens is 1. The van der Waals surface area contributed by atoms with E-state index >= 15 is 0 Å². The van der Waals surface area contributed by atoms with Gasteiger partial charge in [0.15, 0.2) is 15.0 Å². The number of thioether (sulfide) groups is 1. The molecule has 146 valence electrons. The van der Waals surface area contributed by atoms with Crippen LogP contribution in [-0.2, 0) is 9.84 Å². The summed E-state index contributed by atoms with van der Waals surface area (Å²) in [4.78, 5) is 6.58. The zero-order valence-electron chi connectivity index (χ0n) is 15.0. The Hall–Kier alpha value is -1.42. The highest BCUT2D eigenvalue weighted by Gasteiger charge is 2.48. The maximum Gasteiger partial charge on any atom is 0.161 e. The smallest absolute Gasteiger partial charge is 0.161 e. The average Bonchev–Trinajstić information content (AvgIpc) is 3.23. The number of amidine groups is 1. The lowest BCUT2D eigenvalue weighted by molar-refractivity contribution is 0.601. The fraction of sp³-hybridized carbons (Fsp3) is 0.263. The summed E-state index contributed by atoms with van der Waals surface area (Å²) >= 11 is 3.03. The number of thiazole rings is 1. The lowest BCUT2D eigenvalue weighted by Gasteiger charge is -2.24. The van der Waals surface area contributed by atoms with Gasteiger partial charge in [-0.3, -0.25) is 5.41 Å². The highest BCUT2D eigenvalue weighted by Crippen LogP contribution is 2.41. The first-order valence-corrected chi connectivity index (χ1v) is 12.1. The van der Waals surface area contributed by atoms with Gasteiger partial charge in [0.25, 0.3) is 0 Å². The lowest BCUT2D eigenvalue weighted by Crippen LogP contribution is -2.37. The quantitative estimate of drug-likeness (QED) is 0.566. The van der Waals surface area contributed by atoms with Crippen LogP contribution in [0.2, 0.25) is 0 Å². The molecule has 5 rings (SSSR count). The Bertz CT molecular complexity index is 1170. The number of rotatable bonds is 2. The maximum atomic E-state index is 12.0. The predicted octanol–water partition coefficient (Wildman–Crippen LogP) is 4.50. The minimum atomic E-state index is -3.01. The van der Waals surface area contributed by atoms with Crippen LogP contribution < -0.4 is 4.90 Å². The standard InChI is InChI=1S/C19H17N3O2S3.BrH/c1-11-2-7-14-16(8-11)25-18(21-14)12-3-5-13(6-4-12)22-15-9-27(23,24)10-17(15)26-19(22)20;/h2-8,15,17,20H,9-10H2,1H3;1H. The molecule has 2 aliphatic heterocycles. The monoisotopic (exact) mass is 495 g/mol. The first kappa shape index (κ1) is 19.9. The molecule has 0 spiro atoms. The fourth-order valence-electron chi connectivity index (χ4n) is 3.73. The second-order valence-corrected chi connectivity index (χ2v) is 11.4. The molecule has 28 heavy (non-hydrogen) atoms. The van der Waals surface area contributed by atoms with Crippen molar-refractivity contribution in [3.05, 3.63) is 48.0 Å². The maximum absolute atomic E-state index is 12.0. The van der Waals surface area contributed by atoms with E-state index in [1.54, 1.807) is 11.3 Å². The van der Waals surface area contributed by atoms with E-state index in [0.717, 1.165) is 21.8 Å². The van der Waals surface area contributed by atoms with Crippen LogP contribution in [0.25, 0.3) is 20.8 Å². The molecule has 0 amide bonds. The van der Waals surface area contributed by atoms with E-state index in [2.05, 4.69) is 19.1 Å². The van der Waals surface area contributed by atoms with E-state index < -0.39 is 9.84 Å². The molecule has 2 saturated heterocycles. The van der Waals surface area contributed by atoms with Gasteiger partial charge < -0.3 is 4.90 Å². The van der Waals surface area contributed by atoms with Crippen molar-refractivity contribution in [2.24, 2.45) is 0 Å². The van der Waals surface area contributed by atoms with Crippen LogP contribution >= 0.6 is 40.1 Å². The number of hydrogen-bond acceptors (Lipinski definition) is 6. The molecule has 2 atom stereocenters. The number of nitrogens with one attached hydrogen (secondary N) is 1. The third-order valence-corrected chi connectivity index (χ3v) is 9.22. The summed E-state index contributed by atoms with van der Waals surface area (Å²) < 4.78 is 25.1. The summed E-state index contributed by atoms with van der Waals surface area (Å²) in [6, 6.07) is 14.1. The summed E-state index contributed by atoms with van der Waals surface area (Å²) in [7, 11) is -3.01. The normalized spacial score (nSPS) is 23.0. The van der Waals surface area contributed by atoms with E-state index in [4.69, 9.17) is 10.4 Å². The molecular weight excluding hydrogens is 478 g/mol. The van der Waals surface area contributed by atoms with Crippen molar-refractivity contribution in [3.63, 3.8) is 0 Å². The van der Waals surface area contributed by atoms with Gasteiger partial charge in [0.1, 0.15) is 5.01 Å². The second kappa shape index (κ2) is 7.12. The number of halogens is 1. The molecule has 1 N–H and O–H groups in total. The van der Waals surface area contributed by atoms with E-state index in [-0.39, 0.29) is 39.8 Å². The summed E-state index contributed by atoms with van der Waals surface area (Å²) in [5.74, 6) is 0.302. The van der Waals surface area contributed by atoms with Gasteiger partial charge in [-0.15, -0.1) is 28.3 Å². The Morgan fingerprint density at radius 1 is 1.14 bits per heavy atom. The van der Waals surface area contributed by atoms with Gasteiger partial charge in [-0.05, 0) is 48.9 Å². The first-order valence-electron chi connectivity index (χ1n) is 8.62. The zero-order valence-corrected chi connectivity index (χ0v) is 19.1. The molecule has 2 unspecified atom stereocenters. The van der Waals surface area contributed by atoms with E-state index in [0.29, 0.717) is 5.17 Å². The van der Waals surface area contributed by atoms with Crippen LogP contribution in [0.3, 0.4) is 0 Å². The minimum Gasteiger partial charge on any atom is -0.316 e. The number of benzene rings is 2. The minimum absolute atomic E-state index is 0. The van der Waals surface area contributed by atoms with Crippen LogP contribution in [0.4, 0.5) is 5.69 Å². The Labute approximate surface area is 182 Å². The molecule has 5 nitrogen and oxygen atoms in total. The van der Waals surface area contributed by atoms with Crippen LogP contribution in [0, 0.1) is 12.3 Å². The summed E-state index contributed by atoms with van der Waals surface area (Å²) in [6.45, 7) is 2.08. The fourth-order valence-corrected chi connectivity index (χ4v) is 8.59. The van der Waals surface area contributed by atoms with Crippen molar-refractivity contribution >= 4 is 71.0 Å². The molecule has 0 saturated carbocycles. The first-order chi connectivity index (χ1) is 12.9. The lowest BCUT2D eigenvalue weighted by atomic mass is 10.1. The van der Waals surface area contributed by atoms with Crippen LogP contribution in [0.15, 0.2) is 42.5 Å². The predicted molar refractivity (Wildman–Crippen MR) is 124 cm³/mol. The van der Waals surface area contributed by atoms with Crippen molar-refractivity contribution in [1.82, 2.24) is 4.98 Å². The molecule has 0 bridgehead atoms. The van der Waals surface area contributed by atoms with Crippen molar-refractivity contribution in [3.8, 4) is 10.6 Å². The number of anilines is 1. The third kappa shape index (κ3) is 3.38. The van der Waals surface area contributed by atoms with Crippen molar-refractivity contribution < 1.29 is 8.42 Å². The average molecular weight is 496 g/mol. The molecule has 0 radical (unpaired) electrons. The van der Waals surface area contributed by atoms with E-state index in [9.17, 15) is 8.42 Å². The summed E-state index contributed by atoms with van der Waals surface area (Å²) in [6.07, 6.45) is 0. The van der Waals surface area contributed by atoms with Gasteiger partial charge in [0.2, 0.25) is 0 Å². The number of hydrogen-bond donors (Lipinski definition) is 1. The number of sulfone groups is 1. The van der Waals surface area contributed by atoms with Gasteiger partial charge in [-0.2, -0.15) is 0 Å². The molecule has 3 heterocycles. The van der Waals surface area contributed by atoms with Gasteiger partial charge in [-0.1, -0.05) is 17.8 Å². The SMILES string of the molecule is Br.Cc1ccc2nc(-c3ccc(N4C(=N)SC5CS(=O)(=O)CC54)cc3)sc2c1. The van der Waals surface area contributed by atoms with Gasteiger partial charge in [-0.25, -0.2) is 13.4 Å². The number of fused-ring (bicyclic) bond motifs is 2. The van der Waals surface area contributed by atoms with Crippen molar-refractivity contribution in [1.29, 1.82) is 5.41 Å². The Kier molecular flexibility index (Phi) is 5.06. The second-order valence-electron chi connectivity index (χ2n) is 7.01. The van der Waals surface area contributed by atoms with E-state index in [1.807, 2.05) is 35.2 Å². The van der Waals surface area contributed by atoms with Crippen molar-refractivity contribution in [2.45, 2.75) is 18.2 Å². The summed E-state index contributed by atoms with van der Waals surface area (Å²) in [5.41, 5.74) is 4.13. The third-order valence-electron chi connectivity index (χ3n) is 5.02. The Morgan fingerprint density at radius 2 is 1.89 bits per heavy atom. The molecular formula is C19H18BrN3O2S3. The van der Waals surface area contributed by atoms with Crippen LogP contribution in [0.5, 0.6) is 0 Å². The van der Waals surface area contributed by atoms with Crippen molar-refractivity contribution in [2.75, 3.05) is 16.4 Å². The molecule has 2 aromatic carbocycles. The largest absolute Gasteiger partial charge is 0.316 e. The number of nitrogens with zero attached hydrogens (tertiary/aromatic N) is 2. The molecule has 3 aromatic rings. The van der Waals surface area contributed by atoms with E-state index in [1.165, 1.54) is 22.0 Å². The molecule has 9 heteroatoms. The zero-order chi connectivity index (χ0) is 18.8. The van der Waals surface area contributed by atoms with Gasteiger partial charge >= 0.3 is 0 Å². The van der Waals surface area contributed by atoms with Gasteiger partial charge in [0, 0.05) is 16.5 Å². The molecule has 1 aromatic heterocycles. The topological polar surface area (TPSA) is 74.1 Å². The van der Waals surface area contributed by atoms with Crippen LogP contribution in [0.1, 0.15) is 5.56 Å². The number of aryl methyl sites for hydroxylation is 1. The summed E-state index contributed by atoms with van der Waals surface area (Å²) in [5, 5.41) is 9.63. The Morgan fingerprint density at radius 3 is 2.64 bits per heavy atom. The molecule has 0 aliphatic carbocycles. The highest BCUT2D eigenvalue weighted by atomic mass is 79.9. The Balaban J connectivity index is 0.00000192. The molecule has 2 aliphatic rings. The molecule has 2 fully saturated rings. The highest BCUT2D eigenvalue weighted by molar-refractivity contribution is 8.93. The van der Waals surface area contributed by atoms with Gasteiger partial charge in [0.05, 0.1) is 27.8 Å². The van der Waals surface area contributed by atoms with Crippen LogP contribution in [-0.4, -0.2) is 41.4 Å².